The molecule has 1 aromatic rings. The van der Waals surface area contributed by atoms with Crippen molar-refractivity contribution < 1.29 is 9.47 Å². The van der Waals surface area contributed by atoms with E-state index in [4.69, 9.17) is 9.47 Å². The summed E-state index contributed by atoms with van der Waals surface area (Å²) in [5, 5.41) is 3.55. The fourth-order valence-corrected chi connectivity index (χ4v) is 2.38. The van der Waals surface area contributed by atoms with E-state index < -0.39 is 0 Å². The highest BCUT2D eigenvalue weighted by Gasteiger charge is 2.23. The molecule has 114 valence electrons. The van der Waals surface area contributed by atoms with Gasteiger partial charge in [-0.3, -0.25) is 0 Å². The molecule has 3 nitrogen and oxygen atoms in total. The van der Waals surface area contributed by atoms with Gasteiger partial charge in [-0.05, 0) is 32.4 Å². The molecule has 0 bridgehead atoms. The molecule has 0 heterocycles. The standard InChI is InChI=1S/C17H29NO2/c1-5-16(20-14(4)13-19-7-3)17(18-6-2)15-11-9-8-10-12-15/h8-12,14,16-18H,5-7,13H2,1-4H3. The van der Waals surface area contributed by atoms with E-state index in [0.717, 1.165) is 19.6 Å². The van der Waals surface area contributed by atoms with Crippen molar-refractivity contribution in [1.29, 1.82) is 0 Å². The van der Waals surface area contributed by atoms with E-state index in [0.29, 0.717) is 6.61 Å². The normalized spacial score (nSPS) is 15.8. The first kappa shape index (κ1) is 17.2. The van der Waals surface area contributed by atoms with Crippen LogP contribution in [-0.2, 0) is 9.47 Å². The first-order valence-corrected chi connectivity index (χ1v) is 7.74. The zero-order valence-corrected chi connectivity index (χ0v) is 13.3. The first-order chi connectivity index (χ1) is 9.72. The highest BCUT2D eigenvalue weighted by molar-refractivity contribution is 5.20. The Kier molecular flexibility index (Phi) is 8.51. The average Bonchev–Trinajstić information content (AvgIpc) is 2.49. The van der Waals surface area contributed by atoms with Gasteiger partial charge in [0.2, 0.25) is 0 Å². The molecule has 0 aliphatic rings. The number of likely N-dealkylation sites (N-methyl/N-ethyl adjacent to an activating group) is 1. The van der Waals surface area contributed by atoms with Gasteiger partial charge in [0.15, 0.2) is 0 Å². The summed E-state index contributed by atoms with van der Waals surface area (Å²) in [7, 11) is 0. The molecule has 0 aliphatic carbocycles. The van der Waals surface area contributed by atoms with Gasteiger partial charge in [-0.2, -0.15) is 0 Å². The van der Waals surface area contributed by atoms with Gasteiger partial charge in [0, 0.05) is 6.61 Å². The van der Waals surface area contributed by atoms with E-state index >= 15 is 0 Å². The minimum Gasteiger partial charge on any atom is -0.379 e. The number of hydrogen-bond donors (Lipinski definition) is 1. The van der Waals surface area contributed by atoms with Gasteiger partial charge >= 0.3 is 0 Å². The molecule has 3 heteroatoms. The minimum absolute atomic E-state index is 0.116. The van der Waals surface area contributed by atoms with Crippen LogP contribution in [-0.4, -0.2) is 32.0 Å². The predicted molar refractivity (Wildman–Crippen MR) is 84.0 cm³/mol. The summed E-state index contributed by atoms with van der Waals surface area (Å²) in [5.74, 6) is 0. The number of rotatable bonds is 10. The lowest BCUT2D eigenvalue weighted by Crippen LogP contribution is -2.36. The van der Waals surface area contributed by atoms with Crippen LogP contribution in [0.3, 0.4) is 0 Å². The molecule has 0 radical (unpaired) electrons. The van der Waals surface area contributed by atoms with Crippen LogP contribution < -0.4 is 5.32 Å². The molecule has 0 fully saturated rings. The molecule has 0 saturated heterocycles. The van der Waals surface area contributed by atoms with Crippen LogP contribution >= 0.6 is 0 Å². The summed E-state index contributed by atoms with van der Waals surface area (Å²) in [6.07, 6.45) is 1.25. The maximum atomic E-state index is 6.18. The molecule has 20 heavy (non-hydrogen) atoms. The molecule has 0 aliphatic heterocycles. The van der Waals surface area contributed by atoms with Crippen molar-refractivity contribution in [2.24, 2.45) is 0 Å². The van der Waals surface area contributed by atoms with Crippen molar-refractivity contribution in [2.75, 3.05) is 19.8 Å². The van der Waals surface area contributed by atoms with Crippen molar-refractivity contribution in [2.45, 2.75) is 52.4 Å². The van der Waals surface area contributed by atoms with Crippen LogP contribution in [0.5, 0.6) is 0 Å². The van der Waals surface area contributed by atoms with Crippen LogP contribution in [0.1, 0.15) is 45.7 Å². The van der Waals surface area contributed by atoms with Crippen LogP contribution in [0.4, 0.5) is 0 Å². The van der Waals surface area contributed by atoms with Crippen molar-refractivity contribution in [3.05, 3.63) is 35.9 Å². The Hall–Kier alpha value is -0.900. The Labute approximate surface area is 123 Å². The summed E-state index contributed by atoms with van der Waals surface area (Å²) in [6.45, 7) is 10.7. The molecular weight excluding hydrogens is 250 g/mol. The topological polar surface area (TPSA) is 30.5 Å². The number of ether oxygens (including phenoxy) is 2. The van der Waals surface area contributed by atoms with Crippen LogP contribution in [0.25, 0.3) is 0 Å². The molecule has 3 unspecified atom stereocenters. The molecule has 0 aromatic heterocycles. The Bertz CT molecular complexity index is 342. The Morgan fingerprint density at radius 3 is 2.35 bits per heavy atom. The van der Waals surface area contributed by atoms with Crippen LogP contribution in [0.15, 0.2) is 30.3 Å². The lowest BCUT2D eigenvalue weighted by atomic mass is 9.99. The second-order valence-corrected chi connectivity index (χ2v) is 5.00. The van der Waals surface area contributed by atoms with Crippen molar-refractivity contribution in [3.63, 3.8) is 0 Å². The lowest BCUT2D eigenvalue weighted by molar-refractivity contribution is -0.0613. The minimum atomic E-state index is 0.116. The zero-order chi connectivity index (χ0) is 14.8. The quantitative estimate of drug-likeness (QED) is 0.710. The monoisotopic (exact) mass is 279 g/mol. The Balaban J connectivity index is 2.71. The molecule has 0 amide bonds. The van der Waals surface area contributed by atoms with Gasteiger partial charge in [0.25, 0.3) is 0 Å². The van der Waals surface area contributed by atoms with Crippen molar-refractivity contribution in [1.82, 2.24) is 5.32 Å². The van der Waals surface area contributed by atoms with E-state index in [2.05, 4.69) is 50.4 Å². The van der Waals surface area contributed by atoms with E-state index in [1.165, 1.54) is 5.56 Å². The molecule has 0 saturated carbocycles. The zero-order valence-electron chi connectivity index (χ0n) is 13.3. The summed E-state index contributed by atoms with van der Waals surface area (Å²) in [4.78, 5) is 0. The first-order valence-electron chi connectivity index (χ1n) is 7.74. The van der Waals surface area contributed by atoms with Gasteiger partial charge < -0.3 is 14.8 Å². The molecule has 1 aromatic carbocycles. The van der Waals surface area contributed by atoms with Crippen molar-refractivity contribution in [3.8, 4) is 0 Å². The fourth-order valence-electron chi connectivity index (χ4n) is 2.38. The molecule has 3 atom stereocenters. The molecular formula is C17H29NO2. The maximum Gasteiger partial charge on any atom is 0.0785 e. The number of benzene rings is 1. The van der Waals surface area contributed by atoms with Crippen LogP contribution in [0.2, 0.25) is 0 Å². The third-order valence-electron chi connectivity index (χ3n) is 3.32. The van der Waals surface area contributed by atoms with Gasteiger partial charge in [-0.1, -0.05) is 44.2 Å². The smallest absolute Gasteiger partial charge is 0.0785 e. The molecule has 1 rings (SSSR count). The summed E-state index contributed by atoms with van der Waals surface area (Å²) < 4.78 is 11.6. The fraction of sp³-hybridized carbons (Fsp3) is 0.647. The van der Waals surface area contributed by atoms with E-state index in [1.54, 1.807) is 0 Å². The second kappa shape index (κ2) is 9.92. The third-order valence-corrected chi connectivity index (χ3v) is 3.32. The van der Waals surface area contributed by atoms with Gasteiger partial charge in [0.05, 0.1) is 24.9 Å². The van der Waals surface area contributed by atoms with E-state index in [1.807, 2.05) is 13.0 Å². The Morgan fingerprint density at radius 1 is 1.10 bits per heavy atom. The highest BCUT2D eigenvalue weighted by Crippen LogP contribution is 2.22. The summed E-state index contributed by atoms with van der Waals surface area (Å²) in [5.41, 5.74) is 1.28. The third kappa shape index (κ3) is 5.61. The van der Waals surface area contributed by atoms with E-state index in [-0.39, 0.29) is 18.2 Å². The predicted octanol–water partition coefficient (Wildman–Crippen LogP) is 3.56. The second-order valence-electron chi connectivity index (χ2n) is 5.00. The number of nitrogens with one attached hydrogen (secondary N) is 1. The van der Waals surface area contributed by atoms with Crippen molar-refractivity contribution >= 4 is 0 Å². The van der Waals surface area contributed by atoms with Gasteiger partial charge in [-0.15, -0.1) is 0 Å². The highest BCUT2D eigenvalue weighted by atomic mass is 16.5. The summed E-state index contributed by atoms with van der Waals surface area (Å²) in [6, 6.07) is 10.8. The largest absolute Gasteiger partial charge is 0.379 e. The SMILES string of the molecule is CCNC(c1ccccc1)C(CC)OC(C)COCC. The van der Waals surface area contributed by atoms with E-state index in [9.17, 15) is 0 Å². The lowest BCUT2D eigenvalue weighted by Gasteiger charge is -2.30. The van der Waals surface area contributed by atoms with Crippen LogP contribution in [0, 0.1) is 0 Å². The van der Waals surface area contributed by atoms with Gasteiger partial charge in [0.1, 0.15) is 0 Å². The van der Waals surface area contributed by atoms with Gasteiger partial charge in [-0.25, -0.2) is 0 Å². The number of hydrogen-bond acceptors (Lipinski definition) is 3. The Morgan fingerprint density at radius 2 is 1.80 bits per heavy atom. The average molecular weight is 279 g/mol. The maximum absolute atomic E-state index is 6.18. The molecule has 1 N–H and O–H groups in total. The summed E-state index contributed by atoms with van der Waals surface area (Å²) >= 11 is 0. The molecule has 0 spiro atoms.